The van der Waals surface area contributed by atoms with Crippen molar-refractivity contribution in [3.8, 4) is 0 Å². The van der Waals surface area contributed by atoms with Crippen molar-refractivity contribution in [1.82, 2.24) is 24.7 Å². The van der Waals surface area contributed by atoms with Crippen molar-refractivity contribution in [2.75, 3.05) is 0 Å². The number of hydrogen-bond acceptors (Lipinski definition) is 5. The molecule has 0 aliphatic rings. The highest BCUT2D eigenvalue weighted by Gasteiger charge is 2.04. The summed E-state index contributed by atoms with van der Waals surface area (Å²) >= 11 is 5.09. The number of imidazole rings is 1. The molecule has 19 heavy (non-hydrogen) atoms. The maximum absolute atomic E-state index is 4.33. The number of rotatable bonds is 4. The van der Waals surface area contributed by atoms with Gasteiger partial charge in [0.15, 0.2) is 5.65 Å². The lowest BCUT2D eigenvalue weighted by Crippen LogP contribution is -2.13. The fourth-order valence-electron chi connectivity index (χ4n) is 1.83. The zero-order valence-electron chi connectivity index (χ0n) is 10.3. The molecule has 1 N–H and O–H groups in total. The fourth-order valence-corrected chi connectivity index (χ4v) is 2.89. The Kier molecular flexibility index (Phi) is 3.58. The molecule has 0 fully saturated rings. The Morgan fingerprint density at radius 1 is 1.21 bits per heavy atom. The molecule has 98 valence electrons. The Labute approximate surface area is 122 Å². The van der Waals surface area contributed by atoms with Crippen LogP contribution in [0.3, 0.4) is 0 Å². The second-order valence-electron chi connectivity index (χ2n) is 4.16. The molecule has 0 radical (unpaired) electrons. The number of aryl methyl sites for hydroxylation is 1. The van der Waals surface area contributed by atoms with Crippen molar-refractivity contribution < 1.29 is 0 Å². The quantitative estimate of drug-likeness (QED) is 0.794. The highest BCUT2D eigenvalue weighted by atomic mass is 79.9. The van der Waals surface area contributed by atoms with E-state index in [9.17, 15) is 0 Å². The summed E-state index contributed by atoms with van der Waals surface area (Å²) in [5.41, 5.74) is 1.96. The SMILES string of the molecule is Cc1cnc(CNCc2cnc3cnc(Br)cn23)s1. The second-order valence-corrected chi connectivity index (χ2v) is 6.29. The van der Waals surface area contributed by atoms with E-state index in [4.69, 9.17) is 0 Å². The van der Waals surface area contributed by atoms with E-state index in [1.807, 2.05) is 23.0 Å². The van der Waals surface area contributed by atoms with Crippen molar-refractivity contribution in [3.05, 3.63) is 45.0 Å². The molecule has 3 rings (SSSR count). The van der Waals surface area contributed by atoms with Gasteiger partial charge < -0.3 is 5.32 Å². The summed E-state index contributed by atoms with van der Waals surface area (Å²) in [6, 6.07) is 0. The van der Waals surface area contributed by atoms with E-state index in [1.54, 1.807) is 17.5 Å². The third kappa shape index (κ3) is 2.83. The lowest BCUT2D eigenvalue weighted by molar-refractivity contribution is 0.672. The number of fused-ring (bicyclic) bond motifs is 1. The molecule has 0 saturated carbocycles. The van der Waals surface area contributed by atoms with Crippen LogP contribution in [0.5, 0.6) is 0 Å². The zero-order valence-corrected chi connectivity index (χ0v) is 12.7. The van der Waals surface area contributed by atoms with E-state index in [1.165, 1.54) is 4.88 Å². The molecule has 0 atom stereocenters. The maximum atomic E-state index is 4.33. The van der Waals surface area contributed by atoms with E-state index >= 15 is 0 Å². The molecule has 0 unspecified atom stereocenters. The average Bonchev–Trinajstić information content (AvgIpc) is 2.97. The maximum Gasteiger partial charge on any atom is 0.155 e. The highest BCUT2D eigenvalue weighted by Crippen LogP contribution is 2.12. The van der Waals surface area contributed by atoms with Crippen LogP contribution in [0.1, 0.15) is 15.6 Å². The molecule has 0 amide bonds. The molecule has 3 heterocycles. The van der Waals surface area contributed by atoms with E-state index in [-0.39, 0.29) is 0 Å². The van der Waals surface area contributed by atoms with E-state index in [0.29, 0.717) is 0 Å². The predicted molar refractivity (Wildman–Crippen MR) is 78.1 cm³/mol. The molecule has 0 aliphatic carbocycles. The van der Waals surface area contributed by atoms with Gasteiger partial charge in [0.25, 0.3) is 0 Å². The number of thiazole rings is 1. The zero-order chi connectivity index (χ0) is 13.2. The summed E-state index contributed by atoms with van der Waals surface area (Å²) in [7, 11) is 0. The van der Waals surface area contributed by atoms with E-state index < -0.39 is 0 Å². The molecule has 0 saturated heterocycles. The normalized spacial score (nSPS) is 11.3. The summed E-state index contributed by atoms with van der Waals surface area (Å²) in [6.07, 6.45) is 7.44. The first-order valence-electron chi connectivity index (χ1n) is 5.82. The second kappa shape index (κ2) is 5.36. The van der Waals surface area contributed by atoms with Crippen LogP contribution in [-0.4, -0.2) is 19.4 Å². The Hall–Kier alpha value is -1.31. The molecule has 5 nitrogen and oxygen atoms in total. The standard InChI is InChI=1S/C12H12BrN5S/c1-8-2-17-12(19-8)6-14-3-9-4-16-11-5-15-10(13)7-18(9)11/h2,4-5,7,14H,3,6H2,1H3. The van der Waals surface area contributed by atoms with Crippen LogP contribution >= 0.6 is 27.3 Å². The highest BCUT2D eigenvalue weighted by molar-refractivity contribution is 9.10. The van der Waals surface area contributed by atoms with Gasteiger partial charge in [0.05, 0.1) is 18.1 Å². The Bertz CT molecular complexity index is 705. The summed E-state index contributed by atoms with van der Waals surface area (Å²) in [4.78, 5) is 14.0. The van der Waals surface area contributed by atoms with E-state index in [0.717, 1.165) is 34.0 Å². The third-order valence-electron chi connectivity index (χ3n) is 2.69. The van der Waals surface area contributed by atoms with Crippen molar-refractivity contribution in [2.45, 2.75) is 20.0 Å². The van der Waals surface area contributed by atoms with Crippen molar-refractivity contribution in [2.24, 2.45) is 0 Å². The Balaban J connectivity index is 1.70. The molecular formula is C12H12BrN5S. The van der Waals surface area contributed by atoms with Crippen LogP contribution < -0.4 is 5.32 Å². The largest absolute Gasteiger partial charge is 0.305 e. The van der Waals surface area contributed by atoms with Gasteiger partial charge in [-0.1, -0.05) is 0 Å². The number of halogens is 1. The van der Waals surface area contributed by atoms with Crippen LogP contribution in [0.25, 0.3) is 5.65 Å². The summed E-state index contributed by atoms with van der Waals surface area (Å²) in [5, 5.41) is 4.49. The fraction of sp³-hybridized carbons (Fsp3) is 0.250. The van der Waals surface area contributed by atoms with Crippen LogP contribution in [0.2, 0.25) is 0 Å². The van der Waals surface area contributed by atoms with Gasteiger partial charge in [-0.2, -0.15) is 0 Å². The first-order chi connectivity index (χ1) is 9.22. The Morgan fingerprint density at radius 3 is 2.89 bits per heavy atom. The molecule has 0 aromatic carbocycles. The van der Waals surface area contributed by atoms with E-state index in [2.05, 4.69) is 43.1 Å². The molecule has 0 spiro atoms. The number of aromatic nitrogens is 4. The van der Waals surface area contributed by atoms with Crippen molar-refractivity contribution in [3.63, 3.8) is 0 Å². The first-order valence-corrected chi connectivity index (χ1v) is 7.43. The van der Waals surface area contributed by atoms with Gasteiger partial charge in [-0.15, -0.1) is 11.3 Å². The van der Waals surface area contributed by atoms with Gasteiger partial charge in [0.2, 0.25) is 0 Å². The topological polar surface area (TPSA) is 55.1 Å². The van der Waals surface area contributed by atoms with Gasteiger partial charge in [-0.25, -0.2) is 15.0 Å². The monoisotopic (exact) mass is 337 g/mol. The molecule has 3 aromatic heterocycles. The van der Waals surface area contributed by atoms with Crippen LogP contribution in [-0.2, 0) is 13.1 Å². The van der Waals surface area contributed by atoms with Gasteiger partial charge in [-0.05, 0) is 22.9 Å². The smallest absolute Gasteiger partial charge is 0.155 e. The predicted octanol–water partition coefficient (Wildman–Crippen LogP) is 2.55. The minimum absolute atomic E-state index is 0.746. The molecule has 0 bridgehead atoms. The number of hydrogen-bond donors (Lipinski definition) is 1. The summed E-state index contributed by atoms with van der Waals surface area (Å²) < 4.78 is 2.83. The molecule has 3 aromatic rings. The summed E-state index contributed by atoms with van der Waals surface area (Å²) in [5.74, 6) is 0. The molecule has 7 heteroatoms. The van der Waals surface area contributed by atoms with Gasteiger partial charge >= 0.3 is 0 Å². The summed E-state index contributed by atoms with van der Waals surface area (Å²) in [6.45, 7) is 3.59. The minimum Gasteiger partial charge on any atom is -0.305 e. The lowest BCUT2D eigenvalue weighted by Gasteiger charge is -2.03. The molecular weight excluding hydrogens is 326 g/mol. The van der Waals surface area contributed by atoms with Gasteiger partial charge in [-0.3, -0.25) is 4.40 Å². The lowest BCUT2D eigenvalue weighted by atomic mass is 10.4. The van der Waals surface area contributed by atoms with Crippen LogP contribution in [0.15, 0.2) is 29.4 Å². The van der Waals surface area contributed by atoms with Crippen LogP contribution in [0, 0.1) is 6.92 Å². The number of nitrogens with zero attached hydrogens (tertiary/aromatic N) is 4. The third-order valence-corrected chi connectivity index (χ3v) is 4.01. The van der Waals surface area contributed by atoms with Crippen molar-refractivity contribution >= 4 is 32.9 Å². The first kappa shape index (κ1) is 12.7. The van der Waals surface area contributed by atoms with Crippen molar-refractivity contribution in [1.29, 1.82) is 0 Å². The van der Waals surface area contributed by atoms with Gasteiger partial charge in [0.1, 0.15) is 9.61 Å². The Morgan fingerprint density at radius 2 is 2.11 bits per heavy atom. The average molecular weight is 338 g/mol. The molecule has 0 aliphatic heterocycles. The number of nitrogens with one attached hydrogen (secondary N) is 1. The minimum atomic E-state index is 0.746. The van der Waals surface area contributed by atoms with Gasteiger partial charge in [0, 0.05) is 30.4 Å². The van der Waals surface area contributed by atoms with Crippen LogP contribution in [0.4, 0.5) is 0 Å².